The van der Waals surface area contributed by atoms with Crippen LogP contribution in [0.25, 0.3) is 0 Å². The van der Waals surface area contributed by atoms with Crippen molar-refractivity contribution in [3.05, 3.63) is 35.4 Å². The van der Waals surface area contributed by atoms with E-state index in [9.17, 15) is 8.78 Å². The molecular weight excluding hydrogens is 224 g/mol. The lowest BCUT2D eigenvalue weighted by atomic mass is 10.1. The van der Waals surface area contributed by atoms with Gasteiger partial charge in [0.25, 0.3) is 0 Å². The summed E-state index contributed by atoms with van der Waals surface area (Å²) in [4.78, 5) is 2.03. The summed E-state index contributed by atoms with van der Waals surface area (Å²) in [6.07, 6.45) is 0.210. The highest BCUT2D eigenvalue weighted by atomic mass is 19.1. The molecule has 1 heterocycles. The molecule has 1 saturated heterocycles. The van der Waals surface area contributed by atoms with Gasteiger partial charge in [-0.15, -0.1) is 0 Å². The topological polar surface area (TPSA) is 12.5 Å². The second-order valence-electron chi connectivity index (χ2n) is 4.65. The van der Waals surface area contributed by atoms with Gasteiger partial charge in [0.2, 0.25) is 0 Å². The van der Waals surface area contributed by atoms with E-state index in [2.05, 4.69) is 0 Å². The molecule has 2 nitrogen and oxygen atoms in total. The van der Waals surface area contributed by atoms with Crippen molar-refractivity contribution in [3.8, 4) is 0 Å². The zero-order valence-corrected chi connectivity index (χ0v) is 10.1. The molecule has 1 aliphatic rings. The summed E-state index contributed by atoms with van der Waals surface area (Å²) in [6, 6.07) is 3.98. The van der Waals surface area contributed by atoms with E-state index in [1.807, 2.05) is 18.7 Å². The molecule has 0 radical (unpaired) electrons. The smallest absolute Gasteiger partial charge is 0.130 e. The lowest BCUT2D eigenvalue weighted by molar-refractivity contribution is -0.0709. The third-order valence-electron chi connectivity index (χ3n) is 2.94. The van der Waals surface area contributed by atoms with Gasteiger partial charge >= 0.3 is 0 Å². The second-order valence-corrected chi connectivity index (χ2v) is 4.65. The fraction of sp³-hybridized carbons (Fsp3) is 0.538. The maximum Gasteiger partial charge on any atom is 0.130 e. The largest absolute Gasteiger partial charge is 0.373 e. The molecule has 2 unspecified atom stereocenters. The summed E-state index contributed by atoms with van der Waals surface area (Å²) < 4.78 is 32.6. The van der Waals surface area contributed by atoms with E-state index in [0.29, 0.717) is 19.6 Å². The Balaban J connectivity index is 2.10. The van der Waals surface area contributed by atoms with E-state index >= 15 is 0 Å². The molecule has 0 aromatic heterocycles. The summed E-state index contributed by atoms with van der Waals surface area (Å²) in [5.74, 6) is -0.950. The molecule has 0 amide bonds. The first-order valence-corrected chi connectivity index (χ1v) is 5.87. The van der Waals surface area contributed by atoms with Crippen molar-refractivity contribution in [2.75, 3.05) is 13.1 Å². The number of ether oxygens (including phenoxy) is 1. The molecule has 4 heteroatoms. The Morgan fingerprint density at radius 1 is 1.18 bits per heavy atom. The highest BCUT2D eigenvalue weighted by Crippen LogP contribution is 2.18. The quantitative estimate of drug-likeness (QED) is 0.789. The van der Waals surface area contributed by atoms with Crippen LogP contribution in [0.5, 0.6) is 0 Å². The Hall–Kier alpha value is -1.00. The van der Waals surface area contributed by atoms with Crippen molar-refractivity contribution >= 4 is 0 Å². The molecule has 1 aliphatic heterocycles. The molecular formula is C13H17F2NO. The molecule has 0 bridgehead atoms. The van der Waals surface area contributed by atoms with Crippen LogP contribution in [0.1, 0.15) is 19.4 Å². The summed E-state index contributed by atoms with van der Waals surface area (Å²) >= 11 is 0. The lowest BCUT2D eigenvalue weighted by Crippen LogP contribution is -2.45. The summed E-state index contributed by atoms with van der Waals surface area (Å²) in [6.45, 7) is 5.66. The number of benzene rings is 1. The molecule has 94 valence electrons. The van der Waals surface area contributed by atoms with Gasteiger partial charge in [-0.1, -0.05) is 6.07 Å². The highest BCUT2D eigenvalue weighted by Gasteiger charge is 2.23. The van der Waals surface area contributed by atoms with E-state index in [1.165, 1.54) is 18.2 Å². The van der Waals surface area contributed by atoms with Gasteiger partial charge in [0.1, 0.15) is 11.6 Å². The monoisotopic (exact) mass is 241 g/mol. The molecule has 2 atom stereocenters. The van der Waals surface area contributed by atoms with Crippen LogP contribution in [0, 0.1) is 11.6 Å². The fourth-order valence-electron chi connectivity index (χ4n) is 2.32. The van der Waals surface area contributed by atoms with Crippen LogP contribution in [0.4, 0.5) is 8.78 Å². The fourth-order valence-corrected chi connectivity index (χ4v) is 2.32. The van der Waals surface area contributed by atoms with Crippen LogP contribution in [0.2, 0.25) is 0 Å². The van der Waals surface area contributed by atoms with Gasteiger partial charge in [0, 0.05) is 25.2 Å². The van der Waals surface area contributed by atoms with Crippen molar-refractivity contribution in [2.45, 2.75) is 32.6 Å². The first-order valence-electron chi connectivity index (χ1n) is 5.87. The first-order chi connectivity index (χ1) is 8.06. The standard InChI is InChI=1S/C13H17F2NO/c1-9-6-16(7-10(2)17-9)8-11-12(14)4-3-5-13(11)15/h3-5,9-10H,6-8H2,1-2H3. The van der Waals surface area contributed by atoms with Crippen molar-refractivity contribution in [3.63, 3.8) is 0 Å². The highest BCUT2D eigenvalue weighted by molar-refractivity contribution is 5.19. The van der Waals surface area contributed by atoms with Gasteiger partial charge in [-0.2, -0.15) is 0 Å². The summed E-state index contributed by atoms with van der Waals surface area (Å²) in [7, 11) is 0. The van der Waals surface area contributed by atoms with Crippen molar-refractivity contribution in [1.29, 1.82) is 0 Å². The molecule has 0 saturated carbocycles. The van der Waals surface area contributed by atoms with Crippen LogP contribution in [-0.2, 0) is 11.3 Å². The van der Waals surface area contributed by atoms with Gasteiger partial charge < -0.3 is 4.74 Å². The van der Waals surface area contributed by atoms with Gasteiger partial charge in [-0.3, -0.25) is 4.90 Å². The third-order valence-corrected chi connectivity index (χ3v) is 2.94. The van der Waals surface area contributed by atoms with Gasteiger partial charge in [-0.05, 0) is 26.0 Å². The Morgan fingerprint density at radius 2 is 1.71 bits per heavy atom. The Kier molecular flexibility index (Phi) is 3.74. The van der Waals surface area contributed by atoms with Crippen LogP contribution >= 0.6 is 0 Å². The van der Waals surface area contributed by atoms with E-state index < -0.39 is 11.6 Å². The molecule has 0 spiro atoms. The second kappa shape index (κ2) is 5.10. The van der Waals surface area contributed by atoms with Crippen molar-refractivity contribution < 1.29 is 13.5 Å². The zero-order chi connectivity index (χ0) is 12.4. The van der Waals surface area contributed by atoms with Crippen LogP contribution in [-0.4, -0.2) is 30.2 Å². The Morgan fingerprint density at radius 3 is 2.24 bits per heavy atom. The average molecular weight is 241 g/mol. The predicted molar refractivity (Wildman–Crippen MR) is 61.6 cm³/mol. The number of halogens is 2. The SMILES string of the molecule is CC1CN(Cc2c(F)cccc2F)CC(C)O1. The molecule has 0 aliphatic carbocycles. The van der Waals surface area contributed by atoms with Crippen LogP contribution < -0.4 is 0 Å². The molecule has 17 heavy (non-hydrogen) atoms. The number of morpholine rings is 1. The van der Waals surface area contributed by atoms with Crippen molar-refractivity contribution in [1.82, 2.24) is 4.90 Å². The maximum atomic E-state index is 13.5. The maximum absolute atomic E-state index is 13.5. The number of rotatable bonds is 2. The Labute approximate surface area is 100 Å². The normalized spacial score (nSPS) is 26.1. The van der Waals surface area contributed by atoms with E-state index in [-0.39, 0.29) is 17.8 Å². The van der Waals surface area contributed by atoms with Crippen molar-refractivity contribution in [2.24, 2.45) is 0 Å². The molecule has 2 rings (SSSR count). The zero-order valence-electron chi connectivity index (χ0n) is 10.1. The molecule has 0 N–H and O–H groups in total. The third kappa shape index (κ3) is 3.01. The van der Waals surface area contributed by atoms with Gasteiger partial charge in [-0.25, -0.2) is 8.78 Å². The first kappa shape index (κ1) is 12.5. The predicted octanol–water partition coefficient (Wildman–Crippen LogP) is 2.57. The molecule has 1 aromatic rings. The summed E-state index contributed by atoms with van der Waals surface area (Å²) in [5.41, 5.74) is 0.147. The van der Waals surface area contributed by atoms with E-state index in [4.69, 9.17) is 4.74 Å². The minimum atomic E-state index is -0.475. The molecule has 1 fully saturated rings. The minimum Gasteiger partial charge on any atom is -0.373 e. The van der Waals surface area contributed by atoms with Crippen LogP contribution in [0.15, 0.2) is 18.2 Å². The van der Waals surface area contributed by atoms with Gasteiger partial charge in [0.15, 0.2) is 0 Å². The summed E-state index contributed by atoms with van der Waals surface area (Å²) in [5, 5.41) is 0. The molecule has 1 aromatic carbocycles. The number of hydrogen-bond donors (Lipinski definition) is 0. The minimum absolute atomic E-state index is 0.105. The van der Waals surface area contributed by atoms with E-state index in [0.717, 1.165) is 0 Å². The van der Waals surface area contributed by atoms with E-state index in [1.54, 1.807) is 0 Å². The van der Waals surface area contributed by atoms with Crippen LogP contribution in [0.3, 0.4) is 0 Å². The lowest BCUT2D eigenvalue weighted by Gasteiger charge is -2.35. The van der Waals surface area contributed by atoms with Gasteiger partial charge in [0.05, 0.1) is 12.2 Å². The Bertz CT molecular complexity index is 367. The average Bonchev–Trinajstić information content (AvgIpc) is 2.22. The number of hydrogen-bond acceptors (Lipinski definition) is 2. The number of nitrogens with zero attached hydrogens (tertiary/aromatic N) is 1.